The Morgan fingerprint density at radius 1 is 1.00 bits per heavy atom. The number of amides is 3. The molecule has 43 heavy (non-hydrogen) atoms. The fraction of sp³-hybridized carbons (Fsp3) is 0.273. The number of hydrogen-bond acceptors (Lipinski definition) is 7. The van der Waals surface area contributed by atoms with E-state index in [4.69, 9.17) is 9.47 Å². The first-order valence-electron chi connectivity index (χ1n) is 14.1. The third kappa shape index (κ3) is 7.79. The molecule has 2 aliphatic heterocycles. The fourth-order valence-electron chi connectivity index (χ4n) is 4.83. The van der Waals surface area contributed by atoms with Gasteiger partial charge in [-0.25, -0.2) is 14.6 Å². The quantitative estimate of drug-likeness (QED) is 0.216. The normalized spacial score (nSPS) is 17.4. The van der Waals surface area contributed by atoms with E-state index < -0.39 is 23.8 Å². The molecule has 6 rings (SSSR count). The highest BCUT2D eigenvalue weighted by molar-refractivity contribution is 5.99. The zero-order valence-electron chi connectivity index (χ0n) is 24.6. The first-order chi connectivity index (χ1) is 20.5. The summed E-state index contributed by atoms with van der Waals surface area (Å²) in [5.74, 6) is 0.168. The molecule has 4 aromatic rings. The second-order valence-corrected chi connectivity index (χ2v) is 11.5. The van der Waals surface area contributed by atoms with Crippen LogP contribution >= 0.6 is 0 Å². The average molecular weight is 582 g/mol. The van der Waals surface area contributed by atoms with Crippen LogP contribution in [0.25, 0.3) is 10.8 Å². The van der Waals surface area contributed by atoms with Crippen molar-refractivity contribution < 1.29 is 23.9 Å². The summed E-state index contributed by atoms with van der Waals surface area (Å²) in [6.07, 6.45) is 0.671. The molecule has 4 N–H and O–H groups in total. The minimum atomic E-state index is -0.697. The molecule has 0 aliphatic carbocycles. The monoisotopic (exact) mass is 581 g/mol. The van der Waals surface area contributed by atoms with Gasteiger partial charge in [0.05, 0.1) is 0 Å². The number of rotatable bonds is 3. The second kappa shape index (κ2) is 12.4. The molecule has 2 atom stereocenters. The van der Waals surface area contributed by atoms with Crippen LogP contribution in [0.5, 0.6) is 0 Å². The number of nitrogens with one attached hydrogen (secondary N) is 4. The van der Waals surface area contributed by atoms with Crippen LogP contribution in [-0.4, -0.2) is 34.8 Å². The van der Waals surface area contributed by atoms with Crippen molar-refractivity contribution in [2.24, 2.45) is 0 Å². The molecule has 222 valence electrons. The van der Waals surface area contributed by atoms with E-state index in [2.05, 4.69) is 26.3 Å². The number of hydrogen-bond donors (Lipinski definition) is 4. The molecule has 3 aromatic carbocycles. The van der Waals surface area contributed by atoms with Crippen molar-refractivity contribution in [2.75, 3.05) is 16.0 Å². The summed E-state index contributed by atoms with van der Waals surface area (Å²) in [7, 11) is 0. The van der Waals surface area contributed by atoms with Crippen LogP contribution in [-0.2, 0) is 27.2 Å². The number of anilines is 3. The van der Waals surface area contributed by atoms with Gasteiger partial charge < -0.3 is 20.1 Å². The minimum Gasteiger partial charge on any atom is -0.446 e. The summed E-state index contributed by atoms with van der Waals surface area (Å²) in [6.45, 7) is 7.49. The van der Waals surface area contributed by atoms with Crippen LogP contribution in [0.1, 0.15) is 50.4 Å². The molecule has 2 aliphatic rings. The highest BCUT2D eigenvalue weighted by Gasteiger charge is 2.22. The van der Waals surface area contributed by atoms with Gasteiger partial charge in [0, 0.05) is 35.9 Å². The molecule has 10 heteroatoms. The molecule has 0 radical (unpaired) electrons. The number of aromatic nitrogens is 1. The van der Waals surface area contributed by atoms with Crippen molar-refractivity contribution in [3.63, 3.8) is 0 Å². The Morgan fingerprint density at radius 2 is 1.79 bits per heavy atom. The van der Waals surface area contributed by atoms with E-state index >= 15 is 0 Å². The van der Waals surface area contributed by atoms with E-state index in [1.807, 2.05) is 67.6 Å². The van der Waals surface area contributed by atoms with Gasteiger partial charge in [-0.2, -0.15) is 0 Å². The number of fused-ring (bicyclic) bond motifs is 10. The van der Waals surface area contributed by atoms with Crippen molar-refractivity contribution in [3.05, 3.63) is 95.7 Å². The summed E-state index contributed by atoms with van der Waals surface area (Å²) < 4.78 is 10.9. The van der Waals surface area contributed by atoms with Gasteiger partial charge in [0.15, 0.2) is 0 Å². The van der Waals surface area contributed by atoms with E-state index in [-0.39, 0.29) is 18.6 Å². The molecule has 4 bridgehead atoms. The number of carbonyl (C=O) groups excluding carboxylic acids is 3. The molecule has 1 aromatic heterocycles. The summed E-state index contributed by atoms with van der Waals surface area (Å²) >= 11 is 0. The number of ether oxygens (including phenoxy) is 2. The van der Waals surface area contributed by atoms with Gasteiger partial charge in [0.2, 0.25) is 5.91 Å². The van der Waals surface area contributed by atoms with Gasteiger partial charge in [0.1, 0.15) is 23.6 Å². The minimum absolute atomic E-state index is 0.215. The number of pyridine rings is 1. The molecule has 0 fully saturated rings. The molecular formula is C33H35N5O5. The molecule has 0 saturated carbocycles. The van der Waals surface area contributed by atoms with Crippen molar-refractivity contribution in [1.82, 2.24) is 10.3 Å². The smallest absolute Gasteiger partial charge is 0.413 e. The fourth-order valence-corrected chi connectivity index (χ4v) is 4.83. The number of benzene rings is 3. The molecule has 0 saturated heterocycles. The predicted molar refractivity (Wildman–Crippen MR) is 166 cm³/mol. The van der Waals surface area contributed by atoms with E-state index in [0.29, 0.717) is 23.6 Å². The van der Waals surface area contributed by atoms with Crippen molar-refractivity contribution in [2.45, 2.75) is 58.4 Å². The lowest BCUT2D eigenvalue weighted by Gasteiger charge is -2.22. The van der Waals surface area contributed by atoms with E-state index in [1.165, 1.54) is 0 Å². The van der Waals surface area contributed by atoms with Gasteiger partial charge in [-0.1, -0.05) is 36.4 Å². The molecule has 10 nitrogen and oxygen atoms in total. The van der Waals surface area contributed by atoms with Crippen LogP contribution in [0.15, 0.2) is 79.0 Å². The summed E-state index contributed by atoms with van der Waals surface area (Å²) in [6, 6.07) is 21.7. The molecular weight excluding hydrogens is 546 g/mol. The lowest BCUT2D eigenvalue weighted by molar-refractivity contribution is -0.122. The van der Waals surface area contributed by atoms with Crippen molar-refractivity contribution in [3.8, 4) is 0 Å². The standard InChI is InChI=1S/C33H35N5O5/c1-20-16-21-8-10-23(11-9-21)28(30(39)35-19-22-6-5-7-25(17-22)37-31(40)42-20)36-26-12-13-27-24(18-26)14-15-34-29(27)38-32(41)43-33(2,3)4/h5-15,17-18,20,28,36H,16,19H2,1-4H3,(H,35,39)(H,37,40)(H,34,38,41). The summed E-state index contributed by atoms with van der Waals surface area (Å²) in [5, 5.41) is 13.4. The summed E-state index contributed by atoms with van der Waals surface area (Å²) in [5.41, 5.74) is 3.23. The van der Waals surface area contributed by atoms with Gasteiger partial charge in [-0.15, -0.1) is 0 Å². The van der Waals surface area contributed by atoms with Crippen molar-refractivity contribution in [1.29, 1.82) is 0 Å². The molecule has 3 heterocycles. The van der Waals surface area contributed by atoms with Gasteiger partial charge >= 0.3 is 12.2 Å². The Hall–Kier alpha value is -5.12. The van der Waals surface area contributed by atoms with Crippen LogP contribution in [0.2, 0.25) is 0 Å². The lowest BCUT2D eigenvalue weighted by atomic mass is 10.0. The van der Waals surface area contributed by atoms with E-state index in [1.54, 1.807) is 39.1 Å². The summed E-state index contributed by atoms with van der Waals surface area (Å²) in [4.78, 5) is 42.7. The first kappa shape index (κ1) is 29.4. The largest absolute Gasteiger partial charge is 0.446 e. The molecule has 2 unspecified atom stereocenters. The number of carbonyl (C=O) groups is 3. The topological polar surface area (TPSA) is 131 Å². The molecule has 3 amide bonds. The van der Waals surface area contributed by atoms with Gasteiger partial charge in [-0.05, 0) is 86.2 Å². The van der Waals surface area contributed by atoms with Gasteiger partial charge in [-0.3, -0.25) is 15.4 Å². The second-order valence-electron chi connectivity index (χ2n) is 11.5. The van der Waals surface area contributed by atoms with E-state index in [9.17, 15) is 14.4 Å². The Bertz CT molecular complexity index is 1650. The maximum atomic E-state index is 13.6. The Labute approximate surface area is 250 Å². The van der Waals surface area contributed by atoms with Crippen LogP contribution in [0.4, 0.5) is 26.8 Å². The first-order valence-corrected chi connectivity index (χ1v) is 14.1. The maximum absolute atomic E-state index is 13.6. The Morgan fingerprint density at radius 3 is 2.56 bits per heavy atom. The van der Waals surface area contributed by atoms with E-state index in [0.717, 1.165) is 27.5 Å². The zero-order chi connectivity index (χ0) is 30.6. The number of nitrogens with zero attached hydrogens (tertiary/aromatic N) is 1. The third-order valence-electron chi connectivity index (χ3n) is 6.74. The predicted octanol–water partition coefficient (Wildman–Crippen LogP) is 6.54. The van der Waals surface area contributed by atoms with Crippen LogP contribution < -0.4 is 21.3 Å². The average Bonchev–Trinajstić information content (AvgIpc) is 2.94. The highest BCUT2D eigenvalue weighted by atomic mass is 16.6. The Kier molecular flexibility index (Phi) is 8.47. The SMILES string of the molecule is CC1Cc2ccc(cc2)C(Nc2ccc3c(NC(=O)OC(C)(C)C)nccc3c2)C(=O)NCc2cccc(c2)NC(=O)O1. The molecule has 0 spiro atoms. The maximum Gasteiger partial charge on any atom is 0.413 e. The lowest BCUT2D eigenvalue weighted by Crippen LogP contribution is -2.33. The zero-order valence-corrected chi connectivity index (χ0v) is 24.6. The van der Waals surface area contributed by atoms with Crippen molar-refractivity contribution >= 4 is 46.1 Å². The van der Waals surface area contributed by atoms with Crippen LogP contribution in [0.3, 0.4) is 0 Å². The highest BCUT2D eigenvalue weighted by Crippen LogP contribution is 2.28. The van der Waals surface area contributed by atoms with Gasteiger partial charge in [0.25, 0.3) is 0 Å². The Balaban J connectivity index is 1.42. The van der Waals surface area contributed by atoms with Crippen LogP contribution in [0, 0.1) is 0 Å². The third-order valence-corrected chi connectivity index (χ3v) is 6.74.